The maximum atomic E-state index is 14.0. The number of aliphatic hydroxyl groups excluding tert-OH is 1. The predicted molar refractivity (Wildman–Crippen MR) is 134 cm³/mol. The largest absolute Gasteiger partial charge is 0.388 e. The molecule has 2 aromatic heterocycles. The number of pyridine rings is 1. The van der Waals surface area contributed by atoms with Gasteiger partial charge in [0.05, 0.1) is 18.1 Å². The van der Waals surface area contributed by atoms with Crippen molar-refractivity contribution in [1.29, 1.82) is 0 Å². The quantitative estimate of drug-likeness (QED) is 0.216. The molecule has 0 aliphatic rings. The molecule has 5 aromatic rings. The van der Waals surface area contributed by atoms with Crippen molar-refractivity contribution in [1.82, 2.24) is 14.5 Å². The van der Waals surface area contributed by atoms with Crippen molar-refractivity contribution in [2.45, 2.75) is 24.5 Å². The molecule has 0 amide bonds. The second kappa shape index (κ2) is 10.2. The molecule has 0 saturated carbocycles. The van der Waals surface area contributed by atoms with Crippen molar-refractivity contribution in [3.8, 4) is 0 Å². The number of rotatable bonds is 8. The molecule has 0 aliphatic heterocycles. The molecular formula is C30H25F2N3O. The van der Waals surface area contributed by atoms with Crippen LogP contribution in [0, 0.1) is 11.9 Å². The topological polar surface area (TPSA) is 50.9 Å². The summed E-state index contributed by atoms with van der Waals surface area (Å²) in [5, 5.41) is 10.5. The summed E-state index contributed by atoms with van der Waals surface area (Å²) in [7, 11) is 0. The zero-order valence-electron chi connectivity index (χ0n) is 19.5. The highest BCUT2D eigenvalue weighted by molar-refractivity contribution is 5.50. The van der Waals surface area contributed by atoms with Gasteiger partial charge in [-0.05, 0) is 41.7 Å². The number of aromatic nitrogens is 3. The number of hydrogen-bond acceptors (Lipinski definition) is 3. The van der Waals surface area contributed by atoms with E-state index in [-0.39, 0.29) is 12.0 Å². The molecule has 180 valence electrons. The number of aryl methyl sites for hydroxylation is 1. The molecule has 0 radical (unpaired) electrons. The monoisotopic (exact) mass is 481 g/mol. The first-order valence-electron chi connectivity index (χ1n) is 11.8. The third-order valence-electron chi connectivity index (χ3n) is 6.47. The van der Waals surface area contributed by atoms with Gasteiger partial charge in [0.2, 0.25) is 11.9 Å². The van der Waals surface area contributed by atoms with Gasteiger partial charge >= 0.3 is 0 Å². The fraction of sp³-hybridized carbons (Fsp3) is 0.133. The van der Waals surface area contributed by atoms with E-state index in [9.17, 15) is 13.9 Å². The number of benzene rings is 3. The van der Waals surface area contributed by atoms with Crippen LogP contribution in [0.5, 0.6) is 0 Å². The van der Waals surface area contributed by atoms with Crippen LogP contribution < -0.4 is 0 Å². The third-order valence-corrected chi connectivity index (χ3v) is 6.47. The molecule has 0 saturated heterocycles. The molecule has 1 unspecified atom stereocenters. The van der Waals surface area contributed by atoms with Gasteiger partial charge < -0.3 is 9.67 Å². The zero-order chi connectivity index (χ0) is 25.0. The summed E-state index contributed by atoms with van der Waals surface area (Å²) >= 11 is 0. The number of halogens is 2. The number of imidazole rings is 1. The van der Waals surface area contributed by atoms with E-state index in [2.05, 4.69) is 50.9 Å². The van der Waals surface area contributed by atoms with E-state index in [1.54, 1.807) is 6.33 Å². The molecule has 0 bridgehead atoms. The first-order chi connectivity index (χ1) is 17.6. The highest BCUT2D eigenvalue weighted by Gasteiger charge is 2.38. The van der Waals surface area contributed by atoms with E-state index in [1.807, 2.05) is 60.8 Å². The van der Waals surface area contributed by atoms with Crippen LogP contribution in [-0.2, 0) is 12.0 Å². The van der Waals surface area contributed by atoms with Crippen molar-refractivity contribution in [3.05, 3.63) is 155 Å². The molecule has 1 N–H and O–H groups in total. The maximum absolute atomic E-state index is 14.0. The summed E-state index contributed by atoms with van der Waals surface area (Å²) in [6.07, 6.45) is 3.27. The Morgan fingerprint density at radius 1 is 0.750 bits per heavy atom. The summed E-state index contributed by atoms with van der Waals surface area (Å²) in [6, 6.07) is 33.0. The maximum Gasteiger partial charge on any atom is 0.221 e. The van der Waals surface area contributed by atoms with Crippen LogP contribution in [0.2, 0.25) is 0 Å². The van der Waals surface area contributed by atoms with Gasteiger partial charge in [-0.1, -0.05) is 91.0 Å². The summed E-state index contributed by atoms with van der Waals surface area (Å²) in [5.74, 6) is -1.91. The van der Waals surface area contributed by atoms with Gasteiger partial charge in [0.1, 0.15) is 5.54 Å². The summed E-state index contributed by atoms with van der Waals surface area (Å²) < 4.78 is 29.3. The Labute approximate surface area is 208 Å². The lowest BCUT2D eigenvalue weighted by atomic mass is 9.77. The molecular weight excluding hydrogens is 456 g/mol. The van der Waals surface area contributed by atoms with Gasteiger partial charge in [-0.3, -0.25) is 0 Å². The van der Waals surface area contributed by atoms with Crippen molar-refractivity contribution in [2.24, 2.45) is 0 Å². The van der Waals surface area contributed by atoms with Crippen LogP contribution in [0.4, 0.5) is 8.78 Å². The van der Waals surface area contributed by atoms with E-state index in [4.69, 9.17) is 0 Å². The Morgan fingerprint density at radius 2 is 1.28 bits per heavy atom. The Hall–Kier alpha value is -4.16. The zero-order valence-corrected chi connectivity index (χ0v) is 19.5. The summed E-state index contributed by atoms with van der Waals surface area (Å²) in [4.78, 5) is 7.82. The summed E-state index contributed by atoms with van der Waals surface area (Å²) in [5.41, 5.74) is 3.27. The number of nitrogens with zero attached hydrogens (tertiary/aromatic N) is 3. The van der Waals surface area contributed by atoms with Gasteiger partial charge in [-0.15, -0.1) is 0 Å². The second-order valence-electron chi connectivity index (χ2n) is 8.65. The Bertz CT molecular complexity index is 1330. The Kier molecular flexibility index (Phi) is 6.69. The molecule has 4 nitrogen and oxygen atoms in total. The lowest BCUT2D eigenvalue weighted by molar-refractivity contribution is 0.161. The molecule has 0 fully saturated rings. The molecule has 5 rings (SSSR count). The van der Waals surface area contributed by atoms with Crippen LogP contribution in [0.25, 0.3) is 0 Å². The number of aliphatic hydroxyl groups is 1. The fourth-order valence-corrected chi connectivity index (χ4v) is 4.77. The standard InChI is InChI=1S/C30H25F2N3O/c31-28-19-17-26(29(32)34-28)27(36)18-16-25-20-35(21-33-25)30(22-10-4-1-5-11-22,23-12-6-2-7-13-23)24-14-8-3-9-15-24/h1-15,17,19-21,27,36H,16,18H2. The highest BCUT2D eigenvalue weighted by atomic mass is 19.1. The van der Waals surface area contributed by atoms with Crippen LogP contribution in [0.15, 0.2) is 116 Å². The Balaban J connectivity index is 1.55. The Morgan fingerprint density at radius 3 is 1.78 bits per heavy atom. The molecule has 0 spiro atoms. The minimum atomic E-state index is -1.12. The first kappa shape index (κ1) is 23.6. The highest BCUT2D eigenvalue weighted by Crippen LogP contribution is 2.40. The first-order valence-corrected chi connectivity index (χ1v) is 11.8. The molecule has 3 aromatic carbocycles. The normalized spacial score (nSPS) is 12.4. The van der Waals surface area contributed by atoms with E-state index in [1.165, 1.54) is 6.07 Å². The minimum Gasteiger partial charge on any atom is -0.388 e. The third kappa shape index (κ3) is 4.43. The van der Waals surface area contributed by atoms with E-state index >= 15 is 0 Å². The van der Waals surface area contributed by atoms with E-state index in [0.717, 1.165) is 28.5 Å². The van der Waals surface area contributed by atoms with Gasteiger partial charge in [0, 0.05) is 11.8 Å². The smallest absolute Gasteiger partial charge is 0.221 e. The molecule has 36 heavy (non-hydrogen) atoms. The van der Waals surface area contributed by atoms with Crippen molar-refractivity contribution >= 4 is 0 Å². The van der Waals surface area contributed by atoms with Crippen LogP contribution in [0.3, 0.4) is 0 Å². The van der Waals surface area contributed by atoms with Crippen LogP contribution in [-0.4, -0.2) is 19.6 Å². The number of hydrogen-bond donors (Lipinski definition) is 1. The van der Waals surface area contributed by atoms with Crippen molar-refractivity contribution < 1.29 is 13.9 Å². The minimum absolute atomic E-state index is 0.0250. The van der Waals surface area contributed by atoms with E-state index < -0.39 is 23.5 Å². The molecule has 6 heteroatoms. The lowest BCUT2D eigenvalue weighted by Crippen LogP contribution is -2.36. The molecule has 0 aliphatic carbocycles. The fourth-order valence-electron chi connectivity index (χ4n) is 4.77. The van der Waals surface area contributed by atoms with Crippen LogP contribution >= 0.6 is 0 Å². The predicted octanol–water partition coefficient (Wildman–Crippen LogP) is 6.06. The van der Waals surface area contributed by atoms with Gasteiger partial charge in [0.25, 0.3) is 0 Å². The summed E-state index contributed by atoms with van der Waals surface area (Å²) in [6.45, 7) is 0. The SMILES string of the molecule is OC(CCc1cn(C(c2ccccc2)(c2ccccc2)c2ccccc2)cn1)c1ccc(F)nc1F. The second-order valence-corrected chi connectivity index (χ2v) is 8.65. The van der Waals surface area contributed by atoms with E-state index in [0.29, 0.717) is 6.42 Å². The van der Waals surface area contributed by atoms with Gasteiger partial charge in [-0.2, -0.15) is 13.8 Å². The van der Waals surface area contributed by atoms with Gasteiger partial charge in [-0.25, -0.2) is 4.98 Å². The molecule has 2 heterocycles. The molecule has 1 atom stereocenters. The average molecular weight is 482 g/mol. The average Bonchev–Trinajstić information content (AvgIpc) is 3.39. The van der Waals surface area contributed by atoms with Crippen molar-refractivity contribution in [3.63, 3.8) is 0 Å². The van der Waals surface area contributed by atoms with Gasteiger partial charge in [0.15, 0.2) is 0 Å². The lowest BCUT2D eigenvalue weighted by Gasteiger charge is -2.37. The van der Waals surface area contributed by atoms with Crippen LogP contribution in [0.1, 0.15) is 40.5 Å². The van der Waals surface area contributed by atoms with Crippen molar-refractivity contribution in [2.75, 3.05) is 0 Å².